The van der Waals surface area contributed by atoms with Crippen LogP contribution in [0.2, 0.25) is 0 Å². The lowest BCUT2D eigenvalue weighted by Gasteiger charge is -2.33. The number of nitrogens with zero attached hydrogens (tertiary/aromatic N) is 4. The number of aliphatic hydroxyl groups is 1. The Morgan fingerprint density at radius 3 is 2.74 bits per heavy atom. The second-order valence-electron chi connectivity index (χ2n) is 8.75. The van der Waals surface area contributed by atoms with Crippen molar-refractivity contribution in [3.05, 3.63) is 35.2 Å². The summed E-state index contributed by atoms with van der Waals surface area (Å²) in [6.07, 6.45) is 13.2. The minimum Gasteiger partial charge on any atom is -0.394 e. The summed E-state index contributed by atoms with van der Waals surface area (Å²) in [5.41, 5.74) is 3.34. The highest BCUT2D eigenvalue weighted by atomic mass is 32.2. The first kappa shape index (κ1) is 22.1. The second kappa shape index (κ2) is 9.60. The smallest absolute Gasteiger partial charge is 0.225 e. The quantitative estimate of drug-likeness (QED) is 0.739. The molecule has 0 amide bonds. The Labute approximate surface area is 186 Å². The predicted octanol–water partition coefficient (Wildman–Crippen LogP) is 2.26. The van der Waals surface area contributed by atoms with Gasteiger partial charge in [-0.15, -0.1) is 0 Å². The van der Waals surface area contributed by atoms with Gasteiger partial charge in [-0.1, -0.05) is 6.08 Å². The number of fused-ring (bicyclic) bond motifs is 1. The molecule has 1 aromatic heterocycles. The van der Waals surface area contributed by atoms with Crippen LogP contribution in [-0.4, -0.2) is 57.3 Å². The van der Waals surface area contributed by atoms with E-state index in [4.69, 9.17) is 10.4 Å². The van der Waals surface area contributed by atoms with Crippen LogP contribution in [-0.2, 0) is 17.2 Å². The third-order valence-corrected chi connectivity index (χ3v) is 8.21. The number of rotatable bonds is 4. The Bertz CT molecular complexity index is 934. The predicted molar refractivity (Wildman–Crippen MR) is 121 cm³/mol. The highest BCUT2D eigenvalue weighted by Crippen LogP contribution is 2.33. The first-order valence-corrected chi connectivity index (χ1v) is 12.5. The van der Waals surface area contributed by atoms with Crippen LogP contribution in [0.4, 0.5) is 5.95 Å². The fraction of sp³-hybridized carbons (Fsp3) is 0.609. The maximum Gasteiger partial charge on any atom is 0.225 e. The number of hydrogen-bond acceptors (Lipinski definition) is 7. The number of allylic oxidation sites excluding steroid dienone is 4. The molecule has 1 saturated carbocycles. The molecule has 2 N–H and O–H groups in total. The topological polar surface area (TPSA) is 102 Å². The molecule has 31 heavy (non-hydrogen) atoms. The first-order chi connectivity index (χ1) is 15.1. The molecule has 3 heterocycles. The van der Waals surface area contributed by atoms with Gasteiger partial charge in [0.1, 0.15) is 0 Å². The Morgan fingerprint density at radius 1 is 1.35 bits per heavy atom. The number of nitrogens with one attached hydrogen (secondary N) is 1. The van der Waals surface area contributed by atoms with Crippen LogP contribution in [0.3, 0.4) is 0 Å². The molecule has 0 spiro atoms. The molecule has 2 aliphatic carbocycles. The van der Waals surface area contributed by atoms with Gasteiger partial charge in [0.15, 0.2) is 0 Å². The van der Waals surface area contributed by atoms with Crippen LogP contribution in [0.15, 0.2) is 34.4 Å². The molecular formula is C23H31N5O2S. The van der Waals surface area contributed by atoms with Crippen LogP contribution in [0.5, 0.6) is 0 Å². The van der Waals surface area contributed by atoms with E-state index in [2.05, 4.69) is 38.4 Å². The molecule has 5 rings (SSSR count). The van der Waals surface area contributed by atoms with Gasteiger partial charge in [0, 0.05) is 42.6 Å². The molecule has 1 unspecified atom stereocenters. The molecule has 8 heteroatoms. The van der Waals surface area contributed by atoms with Crippen molar-refractivity contribution in [2.45, 2.75) is 55.4 Å². The van der Waals surface area contributed by atoms with E-state index in [0.29, 0.717) is 18.3 Å². The SMILES string of the molecule is CNC1(CO)CC1.N#CC1=CC(C2CCN(c3ncc4c(n3)CCS4=O)CC2)=CCC1. The molecule has 0 radical (unpaired) electrons. The third kappa shape index (κ3) is 5.05. The molecule has 0 aromatic carbocycles. The minimum atomic E-state index is -0.908. The molecule has 0 bridgehead atoms. The number of piperidine rings is 1. The molecule has 1 aromatic rings. The van der Waals surface area contributed by atoms with Crippen LogP contribution in [0, 0.1) is 17.2 Å². The van der Waals surface area contributed by atoms with Gasteiger partial charge >= 0.3 is 0 Å². The van der Waals surface area contributed by atoms with Gasteiger partial charge in [0.25, 0.3) is 0 Å². The average molecular weight is 442 g/mol. The van der Waals surface area contributed by atoms with Crippen molar-refractivity contribution in [3.63, 3.8) is 0 Å². The Morgan fingerprint density at radius 2 is 2.13 bits per heavy atom. The summed E-state index contributed by atoms with van der Waals surface area (Å²) in [5, 5.41) is 20.7. The summed E-state index contributed by atoms with van der Waals surface area (Å²) < 4.78 is 11.8. The summed E-state index contributed by atoms with van der Waals surface area (Å²) in [7, 11) is 0.984. The van der Waals surface area contributed by atoms with Gasteiger partial charge in [-0.3, -0.25) is 4.21 Å². The zero-order valence-electron chi connectivity index (χ0n) is 18.1. The van der Waals surface area contributed by atoms with E-state index in [1.54, 1.807) is 6.20 Å². The number of hydrogen-bond donors (Lipinski definition) is 2. The van der Waals surface area contributed by atoms with Gasteiger partial charge in [-0.25, -0.2) is 9.97 Å². The van der Waals surface area contributed by atoms with Crippen LogP contribution < -0.4 is 10.2 Å². The Hall–Kier alpha value is -2.08. The van der Waals surface area contributed by atoms with Crippen LogP contribution >= 0.6 is 0 Å². The van der Waals surface area contributed by atoms with E-state index in [-0.39, 0.29) is 5.54 Å². The number of aliphatic hydroxyl groups excluding tert-OH is 1. The normalized spacial score (nSPS) is 24.3. The second-order valence-corrected chi connectivity index (χ2v) is 10.3. The van der Waals surface area contributed by atoms with Crippen LogP contribution in [0.25, 0.3) is 0 Å². The summed E-state index contributed by atoms with van der Waals surface area (Å²) in [5.74, 6) is 1.99. The zero-order chi connectivity index (χ0) is 21.8. The number of aromatic nitrogens is 2. The molecule has 1 atom stereocenters. The van der Waals surface area contributed by atoms with Gasteiger partial charge in [0.2, 0.25) is 5.95 Å². The standard InChI is InChI=1S/C18H20N4OS.C5H11NO/c19-11-13-2-1-3-15(10-13)14-4-7-22(8-5-14)18-20-12-17-16(21-18)6-9-24(17)23;1-6-5(4-7)2-3-5/h3,10,12,14H,1-2,4-9H2;6-7H,2-4H2,1H3. The van der Waals surface area contributed by atoms with E-state index in [1.165, 1.54) is 5.57 Å². The summed E-state index contributed by atoms with van der Waals surface area (Å²) in [6, 6.07) is 2.30. The average Bonchev–Trinajstić information content (AvgIpc) is 3.55. The van der Waals surface area contributed by atoms with Crippen LogP contribution in [0.1, 0.15) is 44.2 Å². The van der Waals surface area contributed by atoms with Crippen molar-refractivity contribution in [2.24, 2.45) is 5.92 Å². The number of likely N-dealkylation sites (N-methyl/N-ethyl adjacent to an activating group) is 1. The number of aryl methyl sites for hydroxylation is 1. The van der Waals surface area contributed by atoms with Crippen molar-refractivity contribution in [1.82, 2.24) is 15.3 Å². The maximum absolute atomic E-state index is 11.8. The molecule has 2 aliphatic heterocycles. The van der Waals surface area contributed by atoms with Crippen molar-refractivity contribution in [2.75, 3.05) is 37.4 Å². The first-order valence-electron chi connectivity index (χ1n) is 11.2. The van der Waals surface area contributed by atoms with Gasteiger partial charge in [-0.2, -0.15) is 5.26 Å². The number of anilines is 1. The molecule has 4 aliphatic rings. The fourth-order valence-corrected chi connectivity index (χ4v) is 5.55. The molecule has 2 fully saturated rings. The largest absolute Gasteiger partial charge is 0.394 e. The van der Waals surface area contributed by atoms with Gasteiger partial charge in [-0.05, 0) is 63.1 Å². The number of nitriles is 1. The fourth-order valence-electron chi connectivity index (χ4n) is 4.37. The van der Waals surface area contributed by atoms with E-state index in [9.17, 15) is 4.21 Å². The molecule has 1 saturated heterocycles. The van der Waals surface area contributed by atoms with E-state index < -0.39 is 10.8 Å². The maximum atomic E-state index is 11.8. The van der Waals surface area contributed by atoms with E-state index in [0.717, 1.165) is 80.1 Å². The van der Waals surface area contributed by atoms with Crippen molar-refractivity contribution < 1.29 is 9.32 Å². The zero-order valence-corrected chi connectivity index (χ0v) is 19.0. The monoisotopic (exact) mass is 441 g/mol. The highest BCUT2D eigenvalue weighted by molar-refractivity contribution is 7.85. The van der Waals surface area contributed by atoms with E-state index >= 15 is 0 Å². The van der Waals surface area contributed by atoms with Gasteiger partial charge in [0.05, 0.1) is 34.1 Å². The molecular weight excluding hydrogens is 410 g/mol. The third-order valence-electron chi connectivity index (χ3n) is 6.80. The Balaban J connectivity index is 0.000000282. The van der Waals surface area contributed by atoms with Crippen molar-refractivity contribution in [3.8, 4) is 6.07 Å². The summed E-state index contributed by atoms with van der Waals surface area (Å²) >= 11 is 0. The lowest BCUT2D eigenvalue weighted by atomic mass is 9.85. The highest BCUT2D eigenvalue weighted by Gasteiger charge is 2.39. The molecule has 7 nitrogen and oxygen atoms in total. The summed E-state index contributed by atoms with van der Waals surface area (Å²) in [4.78, 5) is 12.1. The Kier molecular flexibility index (Phi) is 6.85. The minimum absolute atomic E-state index is 0.139. The molecule has 166 valence electrons. The lowest BCUT2D eigenvalue weighted by Crippen LogP contribution is -2.35. The van der Waals surface area contributed by atoms with Crippen molar-refractivity contribution in [1.29, 1.82) is 5.26 Å². The van der Waals surface area contributed by atoms with Gasteiger partial charge < -0.3 is 15.3 Å². The lowest BCUT2D eigenvalue weighted by molar-refractivity contribution is 0.237. The van der Waals surface area contributed by atoms with E-state index in [1.807, 2.05) is 7.05 Å². The van der Waals surface area contributed by atoms with Crippen molar-refractivity contribution >= 4 is 16.7 Å². The summed E-state index contributed by atoms with van der Waals surface area (Å²) in [6.45, 7) is 2.16.